The van der Waals surface area contributed by atoms with Crippen molar-refractivity contribution in [1.82, 2.24) is 20.4 Å². The summed E-state index contributed by atoms with van der Waals surface area (Å²) in [6.45, 7) is 4.79. The van der Waals surface area contributed by atoms with Crippen LogP contribution >= 0.6 is 12.4 Å². The molecule has 1 saturated heterocycles. The number of nitrogens with zero attached hydrogens (tertiary/aromatic N) is 2. The number of aromatic amines is 1. The monoisotopic (exact) mass is 362 g/mol. The quantitative estimate of drug-likeness (QED) is 0.858. The number of H-pyrrole nitrogens is 1. The number of rotatable bonds is 5. The first kappa shape index (κ1) is 19.5. The molecule has 136 valence electrons. The molecule has 0 radical (unpaired) electrons. The molecule has 0 saturated carbocycles. The zero-order valence-electron chi connectivity index (χ0n) is 14.9. The normalized spacial score (nSPS) is 15.0. The molecule has 0 spiro atoms. The molecule has 1 aliphatic rings. The van der Waals surface area contributed by atoms with Gasteiger partial charge in [0.1, 0.15) is 5.69 Å². The van der Waals surface area contributed by atoms with Crippen LogP contribution in [0, 0.1) is 12.8 Å². The summed E-state index contributed by atoms with van der Waals surface area (Å²) in [7, 11) is 1.99. The molecule has 6 heteroatoms. The molecule has 1 aromatic carbocycles. The maximum Gasteiger partial charge on any atom is 0.271 e. The number of aromatic nitrogens is 2. The number of benzene rings is 1. The Kier molecular flexibility index (Phi) is 7.02. The minimum Gasteiger partial charge on any atom is -0.337 e. The fourth-order valence-electron chi connectivity index (χ4n) is 3.25. The molecule has 25 heavy (non-hydrogen) atoms. The van der Waals surface area contributed by atoms with E-state index in [-0.39, 0.29) is 18.3 Å². The van der Waals surface area contributed by atoms with Gasteiger partial charge in [-0.15, -0.1) is 12.4 Å². The van der Waals surface area contributed by atoms with E-state index in [2.05, 4.69) is 34.6 Å². The van der Waals surface area contributed by atoms with E-state index in [1.807, 2.05) is 30.1 Å². The molecule has 5 nitrogen and oxygen atoms in total. The van der Waals surface area contributed by atoms with Crippen LogP contribution in [-0.4, -0.2) is 47.7 Å². The van der Waals surface area contributed by atoms with Crippen LogP contribution in [0.3, 0.4) is 0 Å². The minimum atomic E-state index is 0. The first-order valence-corrected chi connectivity index (χ1v) is 8.73. The zero-order chi connectivity index (χ0) is 16.9. The Labute approximate surface area is 155 Å². The van der Waals surface area contributed by atoms with Crippen molar-refractivity contribution in [1.29, 1.82) is 0 Å². The number of halogens is 1. The van der Waals surface area contributed by atoms with Crippen molar-refractivity contribution in [3.8, 4) is 11.3 Å². The van der Waals surface area contributed by atoms with Gasteiger partial charge in [0.15, 0.2) is 0 Å². The van der Waals surface area contributed by atoms with E-state index in [0.29, 0.717) is 5.69 Å². The molecule has 1 aliphatic heterocycles. The predicted molar refractivity (Wildman–Crippen MR) is 103 cm³/mol. The van der Waals surface area contributed by atoms with Gasteiger partial charge in [-0.25, -0.2) is 0 Å². The molecule has 1 fully saturated rings. The SMILES string of the molecule is CNCCC1CCN(C(=O)c2cc(-c3ccc(C)cc3)n[nH]2)CC1.Cl. The molecule has 3 rings (SSSR count). The number of carbonyl (C=O) groups excluding carboxylic acids is 1. The molecule has 2 N–H and O–H groups in total. The Morgan fingerprint density at radius 1 is 1.28 bits per heavy atom. The summed E-state index contributed by atoms with van der Waals surface area (Å²) in [5.74, 6) is 0.791. The largest absolute Gasteiger partial charge is 0.337 e. The average Bonchev–Trinajstić information content (AvgIpc) is 3.10. The van der Waals surface area contributed by atoms with Crippen molar-refractivity contribution in [2.45, 2.75) is 26.2 Å². The van der Waals surface area contributed by atoms with Crippen molar-refractivity contribution >= 4 is 18.3 Å². The van der Waals surface area contributed by atoms with Gasteiger partial charge < -0.3 is 10.2 Å². The second-order valence-corrected chi connectivity index (χ2v) is 6.66. The number of piperidine rings is 1. The highest BCUT2D eigenvalue weighted by atomic mass is 35.5. The molecule has 0 atom stereocenters. The molecule has 2 aromatic rings. The Morgan fingerprint density at radius 2 is 1.96 bits per heavy atom. The lowest BCUT2D eigenvalue weighted by Crippen LogP contribution is -2.39. The van der Waals surface area contributed by atoms with Crippen molar-refractivity contribution < 1.29 is 4.79 Å². The standard InChI is InChI=1S/C19H26N4O.ClH/c1-14-3-5-16(6-4-14)17-13-18(22-21-17)19(24)23-11-8-15(9-12-23)7-10-20-2;/h3-6,13,15,20H,7-12H2,1-2H3,(H,21,22);1H. The van der Waals surface area contributed by atoms with E-state index in [1.54, 1.807) is 0 Å². The lowest BCUT2D eigenvalue weighted by Gasteiger charge is -2.31. The van der Waals surface area contributed by atoms with Gasteiger partial charge in [0, 0.05) is 18.7 Å². The summed E-state index contributed by atoms with van der Waals surface area (Å²) in [5, 5.41) is 10.4. The number of amides is 1. The molecule has 0 unspecified atom stereocenters. The highest BCUT2D eigenvalue weighted by molar-refractivity contribution is 5.93. The topological polar surface area (TPSA) is 61.0 Å². The third-order valence-corrected chi connectivity index (χ3v) is 4.86. The summed E-state index contributed by atoms with van der Waals surface area (Å²) in [4.78, 5) is 14.6. The highest BCUT2D eigenvalue weighted by Crippen LogP contribution is 2.23. The number of hydrogen-bond donors (Lipinski definition) is 2. The first-order chi connectivity index (χ1) is 11.7. The molecule has 0 bridgehead atoms. The van der Waals surface area contributed by atoms with Gasteiger partial charge in [0.25, 0.3) is 5.91 Å². The van der Waals surface area contributed by atoms with Crippen LogP contribution in [-0.2, 0) is 0 Å². The van der Waals surface area contributed by atoms with Crippen LogP contribution in [0.25, 0.3) is 11.3 Å². The van der Waals surface area contributed by atoms with Crippen molar-refractivity contribution in [2.75, 3.05) is 26.7 Å². The van der Waals surface area contributed by atoms with E-state index < -0.39 is 0 Å². The number of likely N-dealkylation sites (tertiary alicyclic amines) is 1. The lowest BCUT2D eigenvalue weighted by molar-refractivity contribution is 0.0681. The number of aryl methyl sites for hydroxylation is 1. The summed E-state index contributed by atoms with van der Waals surface area (Å²) in [6.07, 6.45) is 3.37. The second kappa shape index (κ2) is 9.02. The summed E-state index contributed by atoms with van der Waals surface area (Å²) >= 11 is 0. The van der Waals surface area contributed by atoms with Gasteiger partial charge in [-0.1, -0.05) is 29.8 Å². The van der Waals surface area contributed by atoms with Gasteiger partial charge in [-0.05, 0) is 51.8 Å². The van der Waals surface area contributed by atoms with Crippen LogP contribution in [0.5, 0.6) is 0 Å². The fourth-order valence-corrected chi connectivity index (χ4v) is 3.25. The Bertz CT molecular complexity index is 675. The van der Waals surface area contributed by atoms with E-state index >= 15 is 0 Å². The second-order valence-electron chi connectivity index (χ2n) is 6.66. The van der Waals surface area contributed by atoms with Gasteiger partial charge in [-0.2, -0.15) is 5.10 Å². The number of carbonyl (C=O) groups is 1. The Balaban J connectivity index is 0.00000225. The van der Waals surface area contributed by atoms with Crippen LogP contribution in [0.2, 0.25) is 0 Å². The van der Waals surface area contributed by atoms with E-state index in [9.17, 15) is 4.79 Å². The van der Waals surface area contributed by atoms with Gasteiger partial charge in [0.05, 0.1) is 5.69 Å². The van der Waals surface area contributed by atoms with E-state index in [1.165, 1.54) is 12.0 Å². The average molecular weight is 363 g/mol. The molecule has 1 amide bonds. The van der Waals surface area contributed by atoms with Crippen LogP contribution in [0.1, 0.15) is 35.3 Å². The molecular weight excluding hydrogens is 336 g/mol. The first-order valence-electron chi connectivity index (χ1n) is 8.73. The number of hydrogen-bond acceptors (Lipinski definition) is 3. The molecule has 2 heterocycles. The van der Waals surface area contributed by atoms with Gasteiger partial charge in [-0.3, -0.25) is 9.89 Å². The highest BCUT2D eigenvalue weighted by Gasteiger charge is 2.24. The number of nitrogens with one attached hydrogen (secondary N) is 2. The third kappa shape index (κ3) is 4.83. The summed E-state index contributed by atoms with van der Waals surface area (Å²) in [5.41, 5.74) is 3.65. The lowest BCUT2D eigenvalue weighted by atomic mass is 9.93. The Morgan fingerprint density at radius 3 is 2.60 bits per heavy atom. The van der Waals surface area contributed by atoms with E-state index in [4.69, 9.17) is 0 Å². The van der Waals surface area contributed by atoms with Crippen molar-refractivity contribution in [3.63, 3.8) is 0 Å². The maximum absolute atomic E-state index is 12.7. The van der Waals surface area contributed by atoms with Crippen molar-refractivity contribution in [2.24, 2.45) is 5.92 Å². The van der Waals surface area contributed by atoms with Gasteiger partial charge >= 0.3 is 0 Å². The third-order valence-electron chi connectivity index (χ3n) is 4.86. The zero-order valence-corrected chi connectivity index (χ0v) is 15.7. The van der Waals surface area contributed by atoms with Crippen LogP contribution in [0.15, 0.2) is 30.3 Å². The maximum atomic E-state index is 12.7. The van der Waals surface area contributed by atoms with Crippen molar-refractivity contribution in [3.05, 3.63) is 41.6 Å². The van der Waals surface area contributed by atoms with Crippen LogP contribution in [0.4, 0.5) is 0 Å². The molecule has 1 aromatic heterocycles. The van der Waals surface area contributed by atoms with Gasteiger partial charge in [0.2, 0.25) is 0 Å². The summed E-state index contributed by atoms with van der Waals surface area (Å²) < 4.78 is 0. The smallest absolute Gasteiger partial charge is 0.271 e. The van der Waals surface area contributed by atoms with Crippen LogP contribution < -0.4 is 5.32 Å². The predicted octanol–water partition coefficient (Wildman–Crippen LogP) is 3.27. The summed E-state index contributed by atoms with van der Waals surface area (Å²) in [6, 6.07) is 10.0. The fraction of sp³-hybridized carbons (Fsp3) is 0.474. The van der Waals surface area contributed by atoms with E-state index in [0.717, 1.165) is 49.7 Å². The molecule has 0 aliphatic carbocycles. The Hall–Kier alpha value is -1.85. The molecular formula is C19H27ClN4O. The minimum absolute atomic E-state index is 0.